The standard InChI is InChI=1S/C16H25BrN2/c1-13(12-14-5-7-15(17)8-6-14)19(2)16-4-3-10-18-11-9-16/h5-8,13,16,18H,3-4,9-12H2,1-2H3. The molecule has 2 nitrogen and oxygen atoms in total. The maximum absolute atomic E-state index is 3.50. The highest BCUT2D eigenvalue weighted by Gasteiger charge is 2.20. The summed E-state index contributed by atoms with van der Waals surface area (Å²) in [6.07, 6.45) is 5.04. The molecule has 1 fully saturated rings. The van der Waals surface area contributed by atoms with Crippen molar-refractivity contribution in [1.82, 2.24) is 10.2 Å². The van der Waals surface area contributed by atoms with Crippen LogP contribution in [0.5, 0.6) is 0 Å². The van der Waals surface area contributed by atoms with Crippen molar-refractivity contribution in [2.45, 2.75) is 44.7 Å². The molecule has 0 aromatic heterocycles. The van der Waals surface area contributed by atoms with E-state index in [0.29, 0.717) is 6.04 Å². The fraction of sp³-hybridized carbons (Fsp3) is 0.625. The largest absolute Gasteiger partial charge is 0.317 e. The summed E-state index contributed by atoms with van der Waals surface area (Å²) in [5.41, 5.74) is 1.43. The van der Waals surface area contributed by atoms with E-state index in [4.69, 9.17) is 0 Å². The Labute approximate surface area is 125 Å². The average Bonchev–Trinajstić information content (AvgIpc) is 2.69. The van der Waals surface area contributed by atoms with Crippen LogP contribution in [0.1, 0.15) is 31.7 Å². The number of rotatable bonds is 4. The molecule has 1 aromatic carbocycles. The molecule has 1 aliphatic heterocycles. The average molecular weight is 325 g/mol. The maximum atomic E-state index is 3.50. The molecule has 1 aliphatic rings. The number of hydrogen-bond acceptors (Lipinski definition) is 2. The smallest absolute Gasteiger partial charge is 0.0175 e. The van der Waals surface area contributed by atoms with E-state index in [9.17, 15) is 0 Å². The van der Waals surface area contributed by atoms with E-state index < -0.39 is 0 Å². The molecule has 0 saturated carbocycles. The van der Waals surface area contributed by atoms with E-state index in [1.807, 2.05) is 0 Å². The molecular formula is C16H25BrN2. The number of nitrogens with one attached hydrogen (secondary N) is 1. The van der Waals surface area contributed by atoms with E-state index in [1.165, 1.54) is 37.9 Å². The third-order valence-corrected chi connectivity index (χ3v) is 4.79. The lowest BCUT2D eigenvalue weighted by Crippen LogP contribution is -2.40. The van der Waals surface area contributed by atoms with E-state index in [0.717, 1.165) is 16.9 Å². The van der Waals surface area contributed by atoms with Gasteiger partial charge in [0.05, 0.1) is 0 Å². The fourth-order valence-corrected chi connectivity index (χ4v) is 3.14. The molecule has 1 N–H and O–H groups in total. The van der Waals surface area contributed by atoms with Crippen LogP contribution >= 0.6 is 15.9 Å². The van der Waals surface area contributed by atoms with Gasteiger partial charge in [-0.25, -0.2) is 0 Å². The highest BCUT2D eigenvalue weighted by atomic mass is 79.9. The van der Waals surface area contributed by atoms with Crippen molar-refractivity contribution >= 4 is 15.9 Å². The predicted octanol–water partition coefficient (Wildman–Crippen LogP) is 3.45. The third kappa shape index (κ3) is 4.59. The lowest BCUT2D eigenvalue weighted by Gasteiger charge is -2.32. The first-order chi connectivity index (χ1) is 9.16. The van der Waals surface area contributed by atoms with Crippen molar-refractivity contribution in [2.75, 3.05) is 20.1 Å². The van der Waals surface area contributed by atoms with Gasteiger partial charge in [-0.15, -0.1) is 0 Å². The molecule has 106 valence electrons. The molecule has 0 aliphatic carbocycles. The summed E-state index contributed by atoms with van der Waals surface area (Å²) >= 11 is 3.49. The second-order valence-corrected chi connectivity index (χ2v) is 6.60. The molecule has 19 heavy (non-hydrogen) atoms. The Hall–Kier alpha value is -0.380. The molecule has 0 radical (unpaired) electrons. The molecule has 2 rings (SSSR count). The summed E-state index contributed by atoms with van der Waals surface area (Å²) in [5.74, 6) is 0. The zero-order valence-electron chi connectivity index (χ0n) is 12.0. The summed E-state index contributed by atoms with van der Waals surface area (Å²) < 4.78 is 1.16. The Morgan fingerprint density at radius 1 is 1.26 bits per heavy atom. The van der Waals surface area contributed by atoms with Crippen LogP contribution in [0.3, 0.4) is 0 Å². The summed E-state index contributed by atoms with van der Waals surface area (Å²) in [5, 5.41) is 3.50. The van der Waals surface area contributed by atoms with Gasteiger partial charge in [0.15, 0.2) is 0 Å². The summed E-state index contributed by atoms with van der Waals surface area (Å²) in [7, 11) is 2.29. The molecule has 3 heteroatoms. The quantitative estimate of drug-likeness (QED) is 0.912. The van der Waals surface area contributed by atoms with Gasteiger partial charge in [-0.1, -0.05) is 28.1 Å². The van der Waals surface area contributed by atoms with Crippen LogP contribution in [0.15, 0.2) is 28.7 Å². The second kappa shape index (κ2) is 7.41. The summed E-state index contributed by atoms with van der Waals surface area (Å²) in [6.45, 7) is 4.70. The van der Waals surface area contributed by atoms with Crippen molar-refractivity contribution in [2.24, 2.45) is 0 Å². The second-order valence-electron chi connectivity index (χ2n) is 5.68. The SMILES string of the molecule is CC(Cc1ccc(Br)cc1)N(C)C1CCCNCC1. The lowest BCUT2D eigenvalue weighted by atomic mass is 10.0. The topological polar surface area (TPSA) is 15.3 Å². The molecule has 1 aromatic rings. The van der Waals surface area contributed by atoms with Crippen molar-refractivity contribution in [3.05, 3.63) is 34.3 Å². The summed E-state index contributed by atoms with van der Waals surface area (Å²) in [4.78, 5) is 2.58. The minimum atomic E-state index is 0.601. The zero-order chi connectivity index (χ0) is 13.7. The lowest BCUT2D eigenvalue weighted by molar-refractivity contribution is 0.169. The van der Waals surface area contributed by atoms with Gasteiger partial charge < -0.3 is 10.2 Å². The van der Waals surface area contributed by atoms with Crippen LogP contribution in [0, 0.1) is 0 Å². The van der Waals surface area contributed by atoms with Gasteiger partial charge in [0, 0.05) is 16.6 Å². The Kier molecular flexibility index (Phi) is 5.86. The monoisotopic (exact) mass is 324 g/mol. The van der Waals surface area contributed by atoms with Crippen LogP contribution in [-0.2, 0) is 6.42 Å². The van der Waals surface area contributed by atoms with E-state index in [-0.39, 0.29) is 0 Å². The molecule has 2 atom stereocenters. The van der Waals surface area contributed by atoms with E-state index >= 15 is 0 Å². The first-order valence-corrected chi connectivity index (χ1v) is 8.13. The maximum Gasteiger partial charge on any atom is 0.0175 e. The minimum absolute atomic E-state index is 0.601. The number of nitrogens with zero attached hydrogens (tertiary/aromatic N) is 1. The minimum Gasteiger partial charge on any atom is -0.317 e. The van der Waals surface area contributed by atoms with Gasteiger partial charge in [-0.05, 0) is 70.4 Å². The van der Waals surface area contributed by atoms with E-state index in [1.54, 1.807) is 0 Å². The van der Waals surface area contributed by atoms with Crippen molar-refractivity contribution in [3.63, 3.8) is 0 Å². The molecule has 0 amide bonds. The normalized spacial score (nSPS) is 22.2. The van der Waals surface area contributed by atoms with Crippen molar-refractivity contribution in [3.8, 4) is 0 Å². The Balaban J connectivity index is 1.90. The van der Waals surface area contributed by atoms with Gasteiger partial charge in [-0.2, -0.15) is 0 Å². The van der Waals surface area contributed by atoms with Crippen LogP contribution in [0.4, 0.5) is 0 Å². The van der Waals surface area contributed by atoms with Gasteiger partial charge in [-0.3, -0.25) is 0 Å². The van der Waals surface area contributed by atoms with Crippen molar-refractivity contribution in [1.29, 1.82) is 0 Å². The van der Waals surface area contributed by atoms with Crippen LogP contribution < -0.4 is 5.32 Å². The first kappa shape index (κ1) is 15.0. The Morgan fingerprint density at radius 2 is 2.00 bits per heavy atom. The first-order valence-electron chi connectivity index (χ1n) is 7.34. The van der Waals surface area contributed by atoms with Crippen LogP contribution in [0.2, 0.25) is 0 Å². The van der Waals surface area contributed by atoms with E-state index in [2.05, 4.69) is 64.4 Å². The molecule has 1 heterocycles. The number of likely N-dealkylation sites (N-methyl/N-ethyl adjacent to an activating group) is 1. The van der Waals surface area contributed by atoms with Gasteiger partial charge in [0.1, 0.15) is 0 Å². The molecule has 0 spiro atoms. The fourth-order valence-electron chi connectivity index (χ4n) is 2.87. The van der Waals surface area contributed by atoms with Crippen LogP contribution in [-0.4, -0.2) is 37.1 Å². The highest BCUT2D eigenvalue weighted by Crippen LogP contribution is 2.18. The highest BCUT2D eigenvalue weighted by molar-refractivity contribution is 9.10. The molecule has 1 saturated heterocycles. The van der Waals surface area contributed by atoms with Crippen LogP contribution in [0.25, 0.3) is 0 Å². The summed E-state index contributed by atoms with van der Waals surface area (Å²) in [6, 6.07) is 10.1. The van der Waals surface area contributed by atoms with Gasteiger partial charge in [0.25, 0.3) is 0 Å². The number of benzene rings is 1. The van der Waals surface area contributed by atoms with Crippen molar-refractivity contribution < 1.29 is 0 Å². The predicted molar refractivity (Wildman–Crippen MR) is 85.6 cm³/mol. The van der Waals surface area contributed by atoms with Gasteiger partial charge in [0.2, 0.25) is 0 Å². The molecule has 2 unspecified atom stereocenters. The van der Waals surface area contributed by atoms with Gasteiger partial charge >= 0.3 is 0 Å². The Bertz CT molecular complexity index is 369. The molecular weight excluding hydrogens is 300 g/mol. The zero-order valence-corrected chi connectivity index (χ0v) is 13.6. The number of halogens is 1. The molecule has 0 bridgehead atoms. The number of hydrogen-bond donors (Lipinski definition) is 1. The third-order valence-electron chi connectivity index (χ3n) is 4.26. The Morgan fingerprint density at radius 3 is 2.74 bits per heavy atom.